The van der Waals surface area contributed by atoms with E-state index < -0.39 is 0 Å². The van der Waals surface area contributed by atoms with E-state index in [0.29, 0.717) is 18.2 Å². The second-order valence-corrected chi connectivity index (χ2v) is 3.23. The van der Waals surface area contributed by atoms with Gasteiger partial charge in [0.05, 0.1) is 6.04 Å². The molecule has 1 rings (SSSR count). The van der Waals surface area contributed by atoms with Gasteiger partial charge < -0.3 is 0 Å². The molecule has 0 aromatic heterocycles. The molecular weight excluding hydrogens is 138 g/mol. The van der Waals surface area contributed by atoms with Gasteiger partial charge in [0.1, 0.15) is 0 Å². The summed E-state index contributed by atoms with van der Waals surface area (Å²) in [5, 5.41) is 0. The van der Waals surface area contributed by atoms with Crippen molar-refractivity contribution < 1.29 is 4.79 Å². The molecule has 1 aliphatic rings. The van der Waals surface area contributed by atoms with Crippen molar-refractivity contribution in [3.05, 3.63) is 12.7 Å². The van der Waals surface area contributed by atoms with Crippen molar-refractivity contribution in [1.82, 2.24) is 4.90 Å². The van der Waals surface area contributed by atoms with Crippen molar-refractivity contribution in [3.8, 4) is 0 Å². The maximum Gasteiger partial charge on any atom is 0.151 e. The highest BCUT2D eigenvalue weighted by Crippen LogP contribution is 2.20. The number of carbonyl (C=O) groups excluding carboxylic acids is 1. The molecule has 2 heteroatoms. The molecule has 2 nitrogen and oxygen atoms in total. The smallest absolute Gasteiger partial charge is 0.151 e. The van der Waals surface area contributed by atoms with Crippen LogP contribution >= 0.6 is 0 Å². The second kappa shape index (κ2) is 3.18. The van der Waals surface area contributed by atoms with Crippen LogP contribution in [0, 0.1) is 0 Å². The average molecular weight is 153 g/mol. The van der Waals surface area contributed by atoms with Crippen LogP contribution in [0.25, 0.3) is 0 Å². The zero-order chi connectivity index (χ0) is 8.43. The minimum Gasteiger partial charge on any atom is -0.298 e. The third-order valence-electron chi connectivity index (χ3n) is 2.45. The summed E-state index contributed by atoms with van der Waals surface area (Å²) in [6.45, 7) is 5.72. The van der Waals surface area contributed by atoms with E-state index in [2.05, 4.69) is 18.4 Å². The molecule has 0 unspecified atom stereocenters. The molecule has 11 heavy (non-hydrogen) atoms. The van der Waals surface area contributed by atoms with Crippen LogP contribution in [-0.4, -0.2) is 29.8 Å². The minimum absolute atomic E-state index is 0.0995. The molecule has 0 aliphatic carbocycles. The maximum absolute atomic E-state index is 11.3. The lowest BCUT2D eigenvalue weighted by Crippen LogP contribution is -2.32. The summed E-state index contributed by atoms with van der Waals surface area (Å²) in [4.78, 5) is 13.4. The number of likely N-dealkylation sites (tertiary alicyclic amines) is 1. The maximum atomic E-state index is 11.3. The molecule has 62 valence electrons. The Morgan fingerprint density at radius 2 is 2.45 bits per heavy atom. The van der Waals surface area contributed by atoms with Crippen LogP contribution in [0.5, 0.6) is 0 Å². The molecule has 0 saturated carbocycles. The Morgan fingerprint density at radius 1 is 1.82 bits per heavy atom. The molecule has 2 atom stereocenters. The lowest BCUT2D eigenvalue weighted by atomic mass is 10.1. The zero-order valence-electron chi connectivity index (χ0n) is 7.21. The topological polar surface area (TPSA) is 20.3 Å². The first kappa shape index (κ1) is 8.47. The summed E-state index contributed by atoms with van der Waals surface area (Å²) in [5.41, 5.74) is 0. The van der Waals surface area contributed by atoms with Crippen molar-refractivity contribution in [2.45, 2.75) is 31.8 Å². The lowest BCUT2D eigenvalue weighted by Gasteiger charge is -2.20. The molecule has 1 saturated heterocycles. The van der Waals surface area contributed by atoms with Gasteiger partial charge in [-0.1, -0.05) is 6.08 Å². The molecule has 1 fully saturated rings. The van der Waals surface area contributed by atoms with Crippen LogP contribution in [0.2, 0.25) is 0 Å². The van der Waals surface area contributed by atoms with Crippen molar-refractivity contribution in [3.63, 3.8) is 0 Å². The first-order valence-electron chi connectivity index (χ1n) is 4.02. The van der Waals surface area contributed by atoms with Crippen molar-refractivity contribution >= 4 is 5.78 Å². The summed E-state index contributed by atoms with van der Waals surface area (Å²) in [6.07, 6.45) is 3.31. The molecule has 0 aromatic rings. The highest BCUT2D eigenvalue weighted by Gasteiger charge is 2.33. The highest BCUT2D eigenvalue weighted by molar-refractivity contribution is 5.86. The zero-order valence-corrected chi connectivity index (χ0v) is 7.21. The molecular formula is C9H15NO. The number of carbonyl (C=O) groups is 1. The monoisotopic (exact) mass is 153 g/mol. The summed E-state index contributed by atoms with van der Waals surface area (Å²) in [7, 11) is 2.00. The molecule has 0 spiro atoms. The lowest BCUT2D eigenvalue weighted by molar-refractivity contribution is -0.119. The van der Waals surface area contributed by atoms with E-state index in [0.717, 1.165) is 6.42 Å². The fraction of sp³-hybridized carbons (Fsp3) is 0.667. The predicted molar refractivity (Wildman–Crippen MR) is 45.5 cm³/mol. The Bertz CT molecular complexity index is 176. The number of likely N-dealkylation sites (N-methyl/N-ethyl adjacent to an activating group) is 1. The van der Waals surface area contributed by atoms with E-state index in [-0.39, 0.29) is 6.04 Å². The van der Waals surface area contributed by atoms with Gasteiger partial charge in [-0.25, -0.2) is 0 Å². The van der Waals surface area contributed by atoms with Gasteiger partial charge in [-0.2, -0.15) is 0 Å². The van der Waals surface area contributed by atoms with Gasteiger partial charge in [0.25, 0.3) is 0 Å². The van der Waals surface area contributed by atoms with E-state index in [1.54, 1.807) is 0 Å². The fourth-order valence-corrected chi connectivity index (χ4v) is 1.56. The van der Waals surface area contributed by atoms with Crippen LogP contribution < -0.4 is 0 Å². The van der Waals surface area contributed by atoms with E-state index >= 15 is 0 Å². The predicted octanol–water partition coefficient (Wildman–Crippen LogP) is 1.22. The third kappa shape index (κ3) is 1.51. The number of Topliss-reactive ketones (excluding diaryl/α,β-unsaturated/α-hetero) is 1. The van der Waals surface area contributed by atoms with E-state index in [1.807, 2.05) is 13.1 Å². The van der Waals surface area contributed by atoms with Gasteiger partial charge in [-0.15, -0.1) is 6.58 Å². The van der Waals surface area contributed by atoms with Gasteiger partial charge in [0.15, 0.2) is 5.78 Å². The third-order valence-corrected chi connectivity index (χ3v) is 2.45. The van der Waals surface area contributed by atoms with E-state index in [4.69, 9.17) is 0 Å². The van der Waals surface area contributed by atoms with Gasteiger partial charge in [0.2, 0.25) is 0 Å². The van der Waals surface area contributed by atoms with Gasteiger partial charge in [-0.3, -0.25) is 9.69 Å². The van der Waals surface area contributed by atoms with Gasteiger partial charge in [-0.05, 0) is 20.4 Å². The Labute approximate surface area is 67.9 Å². The van der Waals surface area contributed by atoms with Crippen LogP contribution in [0.3, 0.4) is 0 Å². The second-order valence-electron chi connectivity index (χ2n) is 3.23. The van der Waals surface area contributed by atoms with Crippen LogP contribution in [0.4, 0.5) is 0 Å². The van der Waals surface area contributed by atoms with Crippen molar-refractivity contribution in [2.24, 2.45) is 0 Å². The summed E-state index contributed by atoms with van der Waals surface area (Å²) in [6, 6.07) is 0.509. The quantitative estimate of drug-likeness (QED) is 0.556. The highest BCUT2D eigenvalue weighted by atomic mass is 16.1. The number of nitrogens with zero attached hydrogens (tertiary/aromatic N) is 1. The summed E-state index contributed by atoms with van der Waals surface area (Å²) < 4.78 is 0. The SMILES string of the molecule is C=CC[C@@H]1C(=O)C[C@H](C)N1C. The molecule has 0 radical (unpaired) electrons. The summed E-state index contributed by atoms with van der Waals surface area (Å²) >= 11 is 0. The van der Waals surface area contributed by atoms with E-state index in [1.165, 1.54) is 0 Å². The van der Waals surface area contributed by atoms with E-state index in [9.17, 15) is 4.79 Å². The number of hydrogen-bond donors (Lipinski definition) is 0. The van der Waals surface area contributed by atoms with Crippen LogP contribution in [0.1, 0.15) is 19.8 Å². The number of hydrogen-bond acceptors (Lipinski definition) is 2. The summed E-state index contributed by atoms with van der Waals surface area (Å²) in [5.74, 6) is 0.361. The van der Waals surface area contributed by atoms with Gasteiger partial charge >= 0.3 is 0 Å². The molecule has 1 heterocycles. The first-order valence-corrected chi connectivity index (χ1v) is 4.02. The molecule has 1 aliphatic heterocycles. The average Bonchev–Trinajstić information content (AvgIpc) is 2.17. The molecule has 0 aromatic carbocycles. The Balaban J connectivity index is 2.63. The van der Waals surface area contributed by atoms with Crippen LogP contribution in [-0.2, 0) is 4.79 Å². The molecule has 0 N–H and O–H groups in total. The largest absolute Gasteiger partial charge is 0.298 e. The standard InChI is InChI=1S/C9H15NO/c1-4-5-8-9(11)6-7(2)10(8)3/h4,7-8H,1,5-6H2,2-3H3/t7-,8+/m0/s1. The minimum atomic E-state index is 0.0995. The van der Waals surface area contributed by atoms with Crippen molar-refractivity contribution in [2.75, 3.05) is 7.05 Å². The van der Waals surface area contributed by atoms with Gasteiger partial charge in [0, 0.05) is 12.5 Å². The Morgan fingerprint density at radius 3 is 2.82 bits per heavy atom. The fourth-order valence-electron chi connectivity index (χ4n) is 1.56. The van der Waals surface area contributed by atoms with Crippen molar-refractivity contribution in [1.29, 1.82) is 0 Å². The van der Waals surface area contributed by atoms with Crippen LogP contribution in [0.15, 0.2) is 12.7 Å². The number of ketones is 1. The molecule has 0 amide bonds. The molecule has 0 bridgehead atoms. The normalized spacial score (nSPS) is 32.7. The first-order chi connectivity index (χ1) is 5.16. The number of rotatable bonds is 2. The Kier molecular flexibility index (Phi) is 2.45. The Hall–Kier alpha value is -0.630.